The number of hydrogen-bond donors (Lipinski definition) is 2. The number of imidazole rings is 1. The number of hydrogen-bond acceptors (Lipinski definition) is 6. The first-order chi connectivity index (χ1) is 13.3. The highest BCUT2D eigenvalue weighted by atomic mass is 16.3. The molecule has 8 nitrogen and oxygen atoms in total. The Morgan fingerprint density at radius 3 is 2.71 bits per heavy atom. The molecule has 1 aromatic carbocycles. The first-order valence-corrected chi connectivity index (χ1v) is 8.67. The summed E-state index contributed by atoms with van der Waals surface area (Å²) >= 11 is 0. The molecule has 0 bridgehead atoms. The molecule has 0 radical (unpaired) electrons. The van der Waals surface area contributed by atoms with Crippen molar-refractivity contribution in [1.29, 1.82) is 0 Å². The minimum absolute atomic E-state index is 0.181. The van der Waals surface area contributed by atoms with Crippen molar-refractivity contribution < 1.29 is 5.11 Å². The van der Waals surface area contributed by atoms with Crippen molar-refractivity contribution in [3.63, 3.8) is 0 Å². The van der Waals surface area contributed by atoms with E-state index in [0.29, 0.717) is 11.6 Å². The quantitative estimate of drug-likeness (QED) is 0.518. The molecule has 3 heterocycles. The summed E-state index contributed by atoms with van der Waals surface area (Å²) in [4.78, 5) is 12.4. The van der Waals surface area contributed by atoms with E-state index < -0.39 is 5.60 Å². The monoisotopic (exact) mass is 373 g/mol. The van der Waals surface area contributed by atoms with Gasteiger partial charge in [-0.2, -0.15) is 10.1 Å². The number of aromatic nitrogens is 6. The molecule has 4 aromatic rings. The number of fused-ring (bicyclic) bond motifs is 1. The molecule has 0 saturated carbocycles. The highest BCUT2D eigenvalue weighted by Crippen LogP contribution is 2.23. The summed E-state index contributed by atoms with van der Waals surface area (Å²) in [6.07, 6.45) is 4.99. The summed E-state index contributed by atoms with van der Waals surface area (Å²) in [5.41, 5.74) is 6.79. The fraction of sp³-hybridized carbons (Fsp3) is 0.200. The highest BCUT2D eigenvalue weighted by molar-refractivity contribution is 5.84. The SMILES string of the molecule is Cc1nn(-c2ccnc(N)n2)c2cc(C#CC(C)(O)c3nccn3C)ccc12. The van der Waals surface area contributed by atoms with Gasteiger partial charge in [0.15, 0.2) is 17.2 Å². The summed E-state index contributed by atoms with van der Waals surface area (Å²) in [7, 11) is 1.82. The average molecular weight is 373 g/mol. The summed E-state index contributed by atoms with van der Waals surface area (Å²) in [5.74, 6) is 7.19. The molecule has 140 valence electrons. The minimum atomic E-state index is -1.37. The third kappa shape index (κ3) is 3.08. The highest BCUT2D eigenvalue weighted by Gasteiger charge is 2.24. The Bertz CT molecular complexity index is 1240. The molecular formula is C20H19N7O. The van der Waals surface area contributed by atoms with Gasteiger partial charge in [0.05, 0.1) is 11.2 Å². The molecule has 28 heavy (non-hydrogen) atoms. The Morgan fingerprint density at radius 2 is 2.00 bits per heavy atom. The first kappa shape index (κ1) is 17.7. The Kier molecular flexibility index (Phi) is 4.09. The molecule has 3 N–H and O–H groups in total. The van der Waals surface area contributed by atoms with E-state index in [2.05, 4.69) is 31.9 Å². The Balaban J connectivity index is 1.79. The van der Waals surface area contributed by atoms with Gasteiger partial charge in [0.1, 0.15) is 0 Å². The maximum absolute atomic E-state index is 10.7. The van der Waals surface area contributed by atoms with Crippen LogP contribution in [0.4, 0.5) is 5.95 Å². The molecule has 0 spiro atoms. The number of benzene rings is 1. The van der Waals surface area contributed by atoms with E-state index in [1.54, 1.807) is 40.8 Å². The topological polar surface area (TPSA) is 108 Å². The fourth-order valence-corrected chi connectivity index (χ4v) is 3.09. The van der Waals surface area contributed by atoms with Crippen LogP contribution in [0, 0.1) is 18.8 Å². The molecule has 1 atom stereocenters. The molecule has 0 amide bonds. The van der Waals surface area contributed by atoms with Crippen LogP contribution >= 0.6 is 0 Å². The zero-order chi connectivity index (χ0) is 19.9. The lowest BCUT2D eigenvalue weighted by molar-refractivity contribution is 0.109. The van der Waals surface area contributed by atoms with E-state index in [4.69, 9.17) is 5.73 Å². The molecule has 0 fully saturated rings. The van der Waals surface area contributed by atoms with Crippen LogP contribution in [0.5, 0.6) is 0 Å². The standard InChI is InChI=1S/C20H19N7O/c1-13-15-5-4-14(6-8-20(2,28)18-22-10-11-26(18)3)12-16(15)27(25-13)17-7-9-23-19(21)24-17/h4-5,7,9-12,28H,1-3H3,(H2,21,23,24). The van der Waals surface area contributed by atoms with Gasteiger partial charge in [-0.1, -0.05) is 11.8 Å². The maximum atomic E-state index is 10.7. The molecule has 0 aliphatic rings. The number of aryl methyl sites for hydroxylation is 2. The van der Waals surface area contributed by atoms with Gasteiger partial charge >= 0.3 is 0 Å². The largest absolute Gasteiger partial charge is 0.371 e. The van der Waals surface area contributed by atoms with Crippen molar-refractivity contribution in [2.45, 2.75) is 19.4 Å². The van der Waals surface area contributed by atoms with E-state index in [-0.39, 0.29) is 5.95 Å². The normalized spacial score (nSPS) is 13.1. The number of anilines is 1. The van der Waals surface area contributed by atoms with Crippen molar-refractivity contribution >= 4 is 16.9 Å². The van der Waals surface area contributed by atoms with Crippen molar-refractivity contribution in [3.05, 3.63) is 59.9 Å². The van der Waals surface area contributed by atoms with Crippen molar-refractivity contribution in [1.82, 2.24) is 29.3 Å². The maximum Gasteiger partial charge on any atom is 0.221 e. The third-order valence-electron chi connectivity index (χ3n) is 4.45. The predicted molar refractivity (Wildman–Crippen MR) is 105 cm³/mol. The molecule has 0 aliphatic carbocycles. The zero-order valence-electron chi connectivity index (χ0n) is 15.7. The van der Waals surface area contributed by atoms with Gasteiger partial charge in [-0.15, -0.1) is 0 Å². The summed E-state index contributed by atoms with van der Waals surface area (Å²) in [6, 6.07) is 7.51. The molecule has 0 saturated heterocycles. The third-order valence-corrected chi connectivity index (χ3v) is 4.45. The lowest BCUT2D eigenvalue weighted by Crippen LogP contribution is -2.23. The predicted octanol–water partition coefficient (Wildman–Crippen LogP) is 1.70. The van der Waals surface area contributed by atoms with Gasteiger partial charge in [-0.3, -0.25) is 0 Å². The number of nitrogens with zero attached hydrogens (tertiary/aromatic N) is 6. The molecule has 4 rings (SSSR count). The van der Waals surface area contributed by atoms with Gasteiger partial charge in [-0.05, 0) is 32.0 Å². The molecule has 8 heteroatoms. The number of nitrogens with two attached hydrogens (primary N) is 1. The lowest BCUT2D eigenvalue weighted by atomic mass is 10.1. The number of nitrogen functional groups attached to an aromatic ring is 1. The second-order valence-electron chi connectivity index (χ2n) is 6.69. The summed E-state index contributed by atoms with van der Waals surface area (Å²) in [6.45, 7) is 3.56. The Hall–Kier alpha value is -3.70. The number of rotatable bonds is 2. The second kappa shape index (κ2) is 6.48. The van der Waals surface area contributed by atoms with Gasteiger partial charge in [0.25, 0.3) is 0 Å². The lowest BCUT2D eigenvalue weighted by Gasteiger charge is -2.15. The van der Waals surface area contributed by atoms with Crippen LogP contribution in [-0.4, -0.2) is 34.4 Å². The van der Waals surface area contributed by atoms with Gasteiger partial charge in [0, 0.05) is 42.7 Å². The second-order valence-corrected chi connectivity index (χ2v) is 6.69. The zero-order valence-corrected chi connectivity index (χ0v) is 15.7. The van der Waals surface area contributed by atoms with Gasteiger partial charge < -0.3 is 15.4 Å². The van der Waals surface area contributed by atoms with E-state index >= 15 is 0 Å². The van der Waals surface area contributed by atoms with E-state index in [9.17, 15) is 5.11 Å². The van der Waals surface area contributed by atoms with Crippen LogP contribution in [-0.2, 0) is 12.6 Å². The molecular weight excluding hydrogens is 354 g/mol. The van der Waals surface area contributed by atoms with Crippen molar-refractivity contribution in [3.8, 4) is 17.7 Å². The Labute approximate surface area is 161 Å². The summed E-state index contributed by atoms with van der Waals surface area (Å²) in [5, 5.41) is 16.2. The van der Waals surface area contributed by atoms with Crippen LogP contribution < -0.4 is 5.73 Å². The molecule has 0 aliphatic heterocycles. The minimum Gasteiger partial charge on any atom is -0.371 e. The van der Waals surface area contributed by atoms with Crippen LogP contribution in [0.25, 0.3) is 16.7 Å². The average Bonchev–Trinajstić information content (AvgIpc) is 3.24. The van der Waals surface area contributed by atoms with E-state index in [1.165, 1.54) is 0 Å². The van der Waals surface area contributed by atoms with Crippen LogP contribution in [0.1, 0.15) is 24.0 Å². The van der Waals surface area contributed by atoms with Crippen LogP contribution in [0.3, 0.4) is 0 Å². The molecule has 1 unspecified atom stereocenters. The van der Waals surface area contributed by atoms with Gasteiger partial charge in [-0.25, -0.2) is 14.6 Å². The fourth-order valence-electron chi connectivity index (χ4n) is 3.09. The summed E-state index contributed by atoms with van der Waals surface area (Å²) < 4.78 is 3.46. The van der Waals surface area contributed by atoms with E-state index in [1.807, 2.05) is 32.2 Å². The van der Waals surface area contributed by atoms with Crippen molar-refractivity contribution in [2.75, 3.05) is 5.73 Å². The Morgan fingerprint density at radius 1 is 1.18 bits per heavy atom. The van der Waals surface area contributed by atoms with Gasteiger partial charge in [0.2, 0.25) is 5.95 Å². The van der Waals surface area contributed by atoms with Crippen LogP contribution in [0.15, 0.2) is 42.9 Å². The first-order valence-electron chi connectivity index (χ1n) is 8.67. The number of aliphatic hydroxyl groups is 1. The van der Waals surface area contributed by atoms with Crippen molar-refractivity contribution in [2.24, 2.45) is 7.05 Å². The smallest absolute Gasteiger partial charge is 0.221 e. The van der Waals surface area contributed by atoms with Crippen LogP contribution in [0.2, 0.25) is 0 Å². The molecule has 3 aromatic heterocycles. The van der Waals surface area contributed by atoms with E-state index in [0.717, 1.165) is 22.2 Å².